The normalized spacial score (nSPS) is 14.9. The number of piperidine rings is 1. The average Bonchev–Trinajstić information content (AvgIpc) is 2.88. The summed E-state index contributed by atoms with van der Waals surface area (Å²) in [5.74, 6) is 0.759. The van der Waals surface area contributed by atoms with Gasteiger partial charge in [0.05, 0.1) is 0 Å². The van der Waals surface area contributed by atoms with E-state index in [9.17, 15) is 0 Å². The van der Waals surface area contributed by atoms with Crippen LogP contribution in [-0.2, 0) is 0 Å². The van der Waals surface area contributed by atoms with Crippen molar-refractivity contribution >= 4 is 65.9 Å². The van der Waals surface area contributed by atoms with Gasteiger partial charge in [-0.25, -0.2) is 0 Å². The van der Waals surface area contributed by atoms with Crippen molar-refractivity contribution in [3.05, 3.63) is 99.7 Å². The number of nitrogens with zero attached hydrogens (tertiary/aromatic N) is 2. The van der Waals surface area contributed by atoms with Gasteiger partial charge in [-0.05, 0) is 24.3 Å². The number of pyridine rings is 1. The zero-order chi connectivity index (χ0) is 24.4. The van der Waals surface area contributed by atoms with Crippen molar-refractivity contribution in [3.8, 4) is 5.75 Å². The van der Waals surface area contributed by atoms with Crippen LogP contribution >= 0.6 is 23.2 Å². The summed E-state index contributed by atoms with van der Waals surface area (Å²) in [6.07, 6.45) is 4.19. The molecule has 0 radical (unpaired) electrons. The Morgan fingerprint density at radius 1 is 0.914 bits per heavy atom. The molecule has 0 aliphatic carbocycles. The van der Waals surface area contributed by atoms with Gasteiger partial charge in [0, 0.05) is 10.0 Å². The summed E-state index contributed by atoms with van der Waals surface area (Å²) in [7, 11) is 1.71. The number of hydrogen-bond acceptors (Lipinski definition) is 4. The predicted octanol–water partition coefficient (Wildman–Crippen LogP) is 6.69. The van der Waals surface area contributed by atoms with Gasteiger partial charge < -0.3 is 0 Å². The zero-order valence-corrected chi connectivity index (χ0v) is 25.5. The number of ether oxygens (including phenoxy) is 1. The predicted molar refractivity (Wildman–Crippen MR) is 146 cm³/mol. The van der Waals surface area contributed by atoms with Crippen LogP contribution in [0, 0.1) is 0 Å². The van der Waals surface area contributed by atoms with E-state index in [2.05, 4.69) is 55.5 Å². The molecule has 176 valence electrons. The Hall–Kier alpha value is -1.87. The summed E-state index contributed by atoms with van der Waals surface area (Å²) < 4.78 is 8.40. The van der Waals surface area contributed by atoms with E-state index in [4.69, 9.17) is 27.9 Å². The van der Waals surface area contributed by atoms with Gasteiger partial charge in [-0.2, -0.15) is 0 Å². The first-order valence-corrected chi connectivity index (χ1v) is 14.5. The number of fused-ring (bicyclic) bond motifs is 1. The summed E-state index contributed by atoms with van der Waals surface area (Å²) in [5.41, 5.74) is 5.41. The average molecular weight is 696 g/mol. The van der Waals surface area contributed by atoms with Crippen LogP contribution in [0.3, 0.4) is 0 Å². The number of aromatic nitrogens is 1. The monoisotopic (exact) mass is 695 g/mol. The second-order valence-electron chi connectivity index (χ2n) is 8.97. The first-order chi connectivity index (χ1) is 17.0. The maximum atomic E-state index is 6.22. The summed E-state index contributed by atoms with van der Waals surface area (Å²) in [6, 6.07) is 23.0. The molecule has 3 aromatic carbocycles. The van der Waals surface area contributed by atoms with Gasteiger partial charge in [-0.3, -0.25) is 0 Å². The molecule has 5 rings (SSSR count). The van der Waals surface area contributed by atoms with Crippen molar-refractivity contribution in [1.82, 2.24) is 7.69 Å². The second kappa shape index (κ2) is 11.0. The van der Waals surface area contributed by atoms with Crippen molar-refractivity contribution < 1.29 is 4.74 Å². The number of benzene rings is 3. The molecule has 1 N–H and O–H groups in total. The molecule has 0 unspecified atom stereocenters. The molecular formula is C28H26Cl2N3OTl. The Morgan fingerprint density at radius 2 is 1.51 bits per heavy atom. The summed E-state index contributed by atoms with van der Waals surface area (Å²) >= 11 is 13.4. The summed E-state index contributed by atoms with van der Waals surface area (Å²) in [5, 5.41) is 6.33. The third-order valence-corrected chi connectivity index (χ3v) is 9.19. The molecule has 4 nitrogen and oxygen atoms in total. The fourth-order valence-corrected chi connectivity index (χ4v) is 6.25. The number of anilines is 1. The van der Waals surface area contributed by atoms with Gasteiger partial charge in [0.25, 0.3) is 0 Å². The van der Waals surface area contributed by atoms with Crippen molar-refractivity contribution in [1.29, 1.82) is 0 Å². The molecule has 1 aliphatic rings. The number of halogens is 2. The molecule has 0 atom stereocenters. The maximum absolute atomic E-state index is 6.22. The quantitative estimate of drug-likeness (QED) is 0.180. The first-order valence-electron chi connectivity index (χ1n) is 11.8. The molecule has 7 heteroatoms. The number of rotatable bonds is 6. The van der Waals surface area contributed by atoms with E-state index >= 15 is 0 Å². The Balaban J connectivity index is 1.63. The molecule has 0 saturated carbocycles. The Bertz CT molecular complexity index is 1260. The van der Waals surface area contributed by atoms with Gasteiger partial charge >= 0.3 is 177 Å². The first kappa shape index (κ1) is 24.8. The molecular weight excluding hydrogens is 670 g/mol. The van der Waals surface area contributed by atoms with Gasteiger partial charge in [-0.1, -0.05) is 23.2 Å². The minimum atomic E-state index is -0.00910. The third kappa shape index (κ3) is 5.61. The SMILES string of the molecule is COc1cc(C(c2ccc(Cl)cc2)c2ccc(Cl)cc2)cc2c(NC3CC[N]([Tl])CC3)ccnc12. The summed E-state index contributed by atoms with van der Waals surface area (Å²) in [6.45, 7) is 2.35. The van der Waals surface area contributed by atoms with Crippen LogP contribution in [0.4, 0.5) is 5.69 Å². The molecule has 0 spiro atoms. The van der Waals surface area contributed by atoms with E-state index in [1.54, 1.807) is 7.11 Å². The van der Waals surface area contributed by atoms with Crippen molar-refractivity contribution in [3.63, 3.8) is 0 Å². The van der Waals surface area contributed by atoms with Crippen LogP contribution in [0.2, 0.25) is 10.0 Å². The van der Waals surface area contributed by atoms with E-state index in [0.717, 1.165) is 88.0 Å². The van der Waals surface area contributed by atoms with E-state index in [1.807, 2.05) is 30.5 Å². The zero-order valence-electron chi connectivity index (χ0n) is 19.5. The van der Waals surface area contributed by atoms with Crippen molar-refractivity contribution in [2.45, 2.75) is 24.8 Å². The standard InChI is InChI=1S/C28H26Cl2N3O.Tl/c1-34-26-17-20(16-24-25(12-15-32-28(24)26)33-23-10-13-31-14-11-23)27(18-2-6-21(29)7-3-18)19-4-8-22(30)9-5-19;/h2-9,12,15-17,23,27H,10-11,13-14H2,1H3,(H,32,33);/q-1;+1. The van der Waals surface area contributed by atoms with Gasteiger partial charge in [0.2, 0.25) is 0 Å². The van der Waals surface area contributed by atoms with Crippen LogP contribution in [0.25, 0.3) is 10.9 Å². The van der Waals surface area contributed by atoms with Crippen LogP contribution in [0.15, 0.2) is 72.9 Å². The number of nitrogens with one attached hydrogen (secondary N) is 1. The fourth-order valence-electron chi connectivity index (χ4n) is 4.84. The number of methoxy groups -OCH3 is 1. The topological polar surface area (TPSA) is 37.4 Å². The molecule has 1 saturated heterocycles. The molecule has 0 bridgehead atoms. The number of hydrogen-bond donors (Lipinski definition) is 1. The second-order valence-corrected chi connectivity index (χ2v) is 12.7. The Kier molecular flexibility index (Phi) is 7.82. The molecule has 0 amide bonds. The van der Waals surface area contributed by atoms with E-state index in [0.29, 0.717) is 6.04 Å². The van der Waals surface area contributed by atoms with E-state index in [1.165, 1.54) is 13.1 Å². The molecule has 4 aromatic rings. The van der Waals surface area contributed by atoms with Crippen LogP contribution in [0.5, 0.6) is 5.75 Å². The van der Waals surface area contributed by atoms with Gasteiger partial charge in [0.1, 0.15) is 0 Å². The molecule has 35 heavy (non-hydrogen) atoms. The van der Waals surface area contributed by atoms with Crippen LogP contribution in [0.1, 0.15) is 35.4 Å². The molecule has 1 aliphatic heterocycles. The molecule has 2 heterocycles. The molecule has 1 fully saturated rings. The van der Waals surface area contributed by atoms with Crippen LogP contribution in [-0.4, -0.2) is 60.0 Å². The van der Waals surface area contributed by atoms with Crippen molar-refractivity contribution in [2.24, 2.45) is 0 Å². The van der Waals surface area contributed by atoms with Crippen molar-refractivity contribution in [2.75, 3.05) is 25.5 Å². The fraction of sp³-hybridized carbons (Fsp3) is 0.250. The minimum absolute atomic E-state index is 0.00910. The third-order valence-electron chi connectivity index (χ3n) is 6.68. The summed E-state index contributed by atoms with van der Waals surface area (Å²) in [4.78, 5) is 4.69. The van der Waals surface area contributed by atoms with E-state index in [-0.39, 0.29) is 5.92 Å². The Labute approximate surface area is 232 Å². The van der Waals surface area contributed by atoms with E-state index < -0.39 is 0 Å². The molecule has 1 aromatic heterocycles. The Morgan fingerprint density at radius 3 is 2.09 bits per heavy atom. The van der Waals surface area contributed by atoms with Crippen LogP contribution < -0.4 is 10.1 Å². The van der Waals surface area contributed by atoms with Gasteiger partial charge in [-0.15, -0.1) is 0 Å². The van der Waals surface area contributed by atoms with Gasteiger partial charge in [0.15, 0.2) is 0 Å².